The molecular formula is C37H24N2O. The molecule has 1 heterocycles. The third kappa shape index (κ3) is 3.56. The Hall–Kier alpha value is -5.41. The third-order valence-corrected chi connectivity index (χ3v) is 7.68. The summed E-state index contributed by atoms with van der Waals surface area (Å²) in [4.78, 5) is 7.24. The van der Waals surface area contributed by atoms with Gasteiger partial charge in [0.2, 0.25) is 5.89 Å². The van der Waals surface area contributed by atoms with Gasteiger partial charge in [0.25, 0.3) is 0 Å². The van der Waals surface area contributed by atoms with Gasteiger partial charge in [0.15, 0.2) is 5.58 Å². The second kappa shape index (κ2) is 9.11. The zero-order valence-corrected chi connectivity index (χ0v) is 21.7. The Morgan fingerprint density at radius 1 is 0.425 bits per heavy atom. The fourth-order valence-corrected chi connectivity index (χ4v) is 5.84. The van der Waals surface area contributed by atoms with Crippen LogP contribution in [-0.4, -0.2) is 4.98 Å². The van der Waals surface area contributed by atoms with Crippen LogP contribution in [0.3, 0.4) is 0 Å². The molecule has 0 aliphatic rings. The Bertz CT molecular complexity index is 2110. The molecule has 0 saturated heterocycles. The van der Waals surface area contributed by atoms with Gasteiger partial charge in [-0.1, -0.05) is 91.0 Å². The third-order valence-electron chi connectivity index (χ3n) is 7.68. The number of hydrogen-bond donors (Lipinski definition) is 0. The van der Waals surface area contributed by atoms with Crippen LogP contribution in [0.1, 0.15) is 0 Å². The molecule has 7 aromatic carbocycles. The first kappa shape index (κ1) is 22.6. The Kier molecular flexibility index (Phi) is 5.14. The molecule has 0 spiro atoms. The summed E-state index contributed by atoms with van der Waals surface area (Å²) in [5.41, 5.74) is 6.08. The summed E-state index contributed by atoms with van der Waals surface area (Å²) in [7, 11) is 0. The van der Waals surface area contributed by atoms with Crippen molar-refractivity contribution in [1.29, 1.82) is 0 Å². The zero-order valence-electron chi connectivity index (χ0n) is 21.7. The molecule has 0 aliphatic carbocycles. The smallest absolute Gasteiger partial charge is 0.227 e. The number of benzene rings is 7. The molecule has 0 unspecified atom stereocenters. The van der Waals surface area contributed by atoms with Gasteiger partial charge in [0.1, 0.15) is 5.52 Å². The average Bonchev–Trinajstić information content (AvgIpc) is 3.48. The van der Waals surface area contributed by atoms with E-state index in [1.165, 1.54) is 26.9 Å². The number of hydrogen-bond acceptors (Lipinski definition) is 3. The van der Waals surface area contributed by atoms with Crippen LogP contribution in [0.25, 0.3) is 54.9 Å². The largest absolute Gasteiger partial charge is 0.436 e. The molecule has 8 aromatic rings. The minimum absolute atomic E-state index is 0.647. The summed E-state index contributed by atoms with van der Waals surface area (Å²) >= 11 is 0. The summed E-state index contributed by atoms with van der Waals surface area (Å²) in [5, 5.41) is 7.13. The van der Waals surface area contributed by atoms with Crippen LogP contribution in [0.2, 0.25) is 0 Å². The van der Waals surface area contributed by atoms with E-state index in [0.29, 0.717) is 5.89 Å². The molecule has 3 nitrogen and oxygen atoms in total. The predicted molar refractivity (Wildman–Crippen MR) is 167 cm³/mol. The van der Waals surface area contributed by atoms with Crippen molar-refractivity contribution < 1.29 is 4.42 Å². The van der Waals surface area contributed by atoms with E-state index in [-0.39, 0.29) is 0 Å². The quantitative estimate of drug-likeness (QED) is 0.220. The van der Waals surface area contributed by atoms with Crippen LogP contribution in [0.15, 0.2) is 150 Å². The van der Waals surface area contributed by atoms with Crippen LogP contribution in [-0.2, 0) is 0 Å². The summed E-state index contributed by atoms with van der Waals surface area (Å²) in [6, 6.07) is 50.9. The highest BCUT2D eigenvalue weighted by molar-refractivity contribution is 6.22. The minimum atomic E-state index is 0.647. The fourth-order valence-electron chi connectivity index (χ4n) is 5.84. The predicted octanol–water partition coefficient (Wildman–Crippen LogP) is 10.4. The summed E-state index contributed by atoms with van der Waals surface area (Å²) in [6.07, 6.45) is 0. The van der Waals surface area contributed by atoms with E-state index in [4.69, 9.17) is 9.40 Å². The lowest BCUT2D eigenvalue weighted by molar-refractivity contribution is 0.620. The van der Waals surface area contributed by atoms with Crippen molar-refractivity contribution in [3.05, 3.63) is 146 Å². The number of anilines is 3. The van der Waals surface area contributed by atoms with E-state index < -0.39 is 0 Å². The highest BCUT2D eigenvalue weighted by Gasteiger charge is 2.17. The number of aromatic nitrogens is 1. The number of nitrogens with zero attached hydrogens (tertiary/aromatic N) is 2. The second-order valence-corrected chi connectivity index (χ2v) is 10.00. The molecule has 0 saturated carbocycles. The molecule has 40 heavy (non-hydrogen) atoms. The highest BCUT2D eigenvalue weighted by Crippen LogP contribution is 2.42. The van der Waals surface area contributed by atoms with E-state index in [2.05, 4.69) is 114 Å². The molecule has 3 heteroatoms. The van der Waals surface area contributed by atoms with Gasteiger partial charge in [0, 0.05) is 27.7 Å². The van der Waals surface area contributed by atoms with Crippen molar-refractivity contribution in [2.24, 2.45) is 0 Å². The van der Waals surface area contributed by atoms with Gasteiger partial charge >= 0.3 is 0 Å². The topological polar surface area (TPSA) is 29.3 Å². The van der Waals surface area contributed by atoms with Gasteiger partial charge in [-0.15, -0.1) is 0 Å². The Morgan fingerprint density at radius 2 is 0.950 bits per heavy atom. The van der Waals surface area contributed by atoms with Gasteiger partial charge < -0.3 is 9.32 Å². The Morgan fingerprint density at radius 3 is 1.62 bits per heavy atom. The Labute approximate surface area is 231 Å². The van der Waals surface area contributed by atoms with Crippen molar-refractivity contribution >= 4 is 60.5 Å². The van der Waals surface area contributed by atoms with Crippen LogP contribution in [0.4, 0.5) is 17.1 Å². The lowest BCUT2D eigenvalue weighted by atomic mass is 9.95. The summed E-state index contributed by atoms with van der Waals surface area (Å²) in [5.74, 6) is 0.647. The zero-order chi connectivity index (χ0) is 26.5. The maximum atomic E-state index is 6.15. The van der Waals surface area contributed by atoms with Gasteiger partial charge in [-0.2, -0.15) is 0 Å². The number of rotatable bonds is 4. The van der Waals surface area contributed by atoms with Crippen LogP contribution >= 0.6 is 0 Å². The van der Waals surface area contributed by atoms with Gasteiger partial charge in [0.05, 0.1) is 5.69 Å². The van der Waals surface area contributed by atoms with Crippen LogP contribution in [0, 0.1) is 0 Å². The first-order valence-corrected chi connectivity index (χ1v) is 13.5. The van der Waals surface area contributed by atoms with Crippen molar-refractivity contribution in [2.45, 2.75) is 0 Å². The molecule has 0 aliphatic heterocycles. The molecule has 0 bridgehead atoms. The fraction of sp³-hybridized carbons (Fsp3) is 0. The standard InChI is InChI=1S/C37H24N2O/c1-4-11-25(12-5-1)37-38-36-33-22-20-29-28-17-10-18-34(32(28)21-19-30(29)31(33)23-24-35(36)40-37)39(26-13-6-2-7-14-26)27-15-8-3-9-16-27/h1-24H. The van der Waals surface area contributed by atoms with Gasteiger partial charge in [-0.3, -0.25) is 0 Å². The molecule has 0 N–H and O–H groups in total. The summed E-state index contributed by atoms with van der Waals surface area (Å²) in [6.45, 7) is 0. The van der Waals surface area contributed by atoms with E-state index >= 15 is 0 Å². The number of oxazole rings is 1. The second-order valence-electron chi connectivity index (χ2n) is 10.00. The molecular weight excluding hydrogens is 488 g/mol. The molecule has 0 radical (unpaired) electrons. The van der Waals surface area contributed by atoms with Crippen molar-refractivity contribution in [2.75, 3.05) is 4.90 Å². The maximum absolute atomic E-state index is 6.15. The number of fused-ring (bicyclic) bond motifs is 7. The van der Waals surface area contributed by atoms with Crippen LogP contribution in [0.5, 0.6) is 0 Å². The first-order chi connectivity index (χ1) is 19.8. The molecule has 1 aromatic heterocycles. The first-order valence-electron chi connectivity index (χ1n) is 13.5. The highest BCUT2D eigenvalue weighted by atomic mass is 16.3. The van der Waals surface area contributed by atoms with E-state index in [1.54, 1.807) is 0 Å². The average molecular weight is 513 g/mol. The van der Waals surface area contributed by atoms with Gasteiger partial charge in [-0.05, 0) is 76.1 Å². The minimum Gasteiger partial charge on any atom is -0.436 e. The van der Waals surface area contributed by atoms with Crippen LogP contribution < -0.4 is 4.90 Å². The molecule has 8 rings (SSSR count). The van der Waals surface area contributed by atoms with E-state index in [0.717, 1.165) is 39.1 Å². The summed E-state index contributed by atoms with van der Waals surface area (Å²) < 4.78 is 6.15. The van der Waals surface area contributed by atoms with E-state index in [1.807, 2.05) is 36.4 Å². The van der Waals surface area contributed by atoms with Crippen molar-refractivity contribution in [1.82, 2.24) is 4.98 Å². The SMILES string of the molecule is c1ccc(-c2nc3c(ccc4c5ccc6c(N(c7ccccc7)c7ccccc7)cccc6c5ccc43)o2)cc1. The molecule has 0 amide bonds. The monoisotopic (exact) mass is 512 g/mol. The lowest BCUT2D eigenvalue weighted by Crippen LogP contribution is -2.10. The maximum Gasteiger partial charge on any atom is 0.227 e. The molecule has 0 fully saturated rings. The van der Waals surface area contributed by atoms with Crippen molar-refractivity contribution in [3.63, 3.8) is 0 Å². The van der Waals surface area contributed by atoms with Gasteiger partial charge in [-0.25, -0.2) is 4.98 Å². The molecule has 0 atom stereocenters. The van der Waals surface area contributed by atoms with E-state index in [9.17, 15) is 0 Å². The normalized spacial score (nSPS) is 11.5. The lowest BCUT2D eigenvalue weighted by Gasteiger charge is -2.27. The Balaban J connectivity index is 1.35. The molecule has 188 valence electrons. The number of para-hydroxylation sites is 2. The van der Waals surface area contributed by atoms with Crippen molar-refractivity contribution in [3.8, 4) is 11.5 Å².